The van der Waals surface area contributed by atoms with Crippen LogP contribution in [0.5, 0.6) is 0 Å². The van der Waals surface area contributed by atoms with E-state index in [1.165, 1.54) is 18.3 Å². The molecule has 1 heterocycles. The van der Waals surface area contributed by atoms with E-state index in [2.05, 4.69) is 4.98 Å². The van der Waals surface area contributed by atoms with Gasteiger partial charge in [-0.05, 0) is 31.0 Å². The zero-order valence-corrected chi connectivity index (χ0v) is 11.8. The molecule has 98 valence electrons. The molecule has 1 aromatic carbocycles. The molecule has 0 saturated heterocycles. The standard InChI is InChI=1S/C14H14N2O2S/c1-9-5-4-6-13(10(9)2)16(11(3)18)14-15-12(7-17)8-19-14/h4-8H,1-3H3. The monoisotopic (exact) mass is 274 g/mol. The summed E-state index contributed by atoms with van der Waals surface area (Å²) in [7, 11) is 0. The van der Waals surface area contributed by atoms with Crippen molar-refractivity contribution in [2.24, 2.45) is 0 Å². The molecule has 0 atom stereocenters. The van der Waals surface area contributed by atoms with Gasteiger partial charge in [0.1, 0.15) is 5.69 Å². The molecule has 5 heteroatoms. The molecule has 0 aliphatic rings. The highest BCUT2D eigenvalue weighted by atomic mass is 32.1. The zero-order chi connectivity index (χ0) is 14.0. The Hall–Kier alpha value is -2.01. The second kappa shape index (κ2) is 5.32. The number of amides is 1. The lowest BCUT2D eigenvalue weighted by Gasteiger charge is -2.21. The van der Waals surface area contributed by atoms with Crippen LogP contribution in [0.1, 0.15) is 28.5 Å². The first-order chi connectivity index (χ1) is 9.04. The van der Waals surface area contributed by atoms with Crippen LogP contribution in [0.4, 0.5) is 10.8 Å². The summed E-state index contributed by atoms with van der Waals surface area (Å²) < 4.78 is 0. The van der Waals surface area contributed by atoms with Crippen LogP contribution in [0, 0.1) is 13.8 Å². The highest BCUT2D eigenvalue weighted by Gasteiger charge is 2.19. The van der Waals surface area contributed by atoms with Crippen molar-refractivity contribution in [3.8, 4) is 0 Å². The third-order valence-corrected chi connectivity index (χ3v) is 3.80. The largest absolute Gasteiger partial charge is 0.296 e. The fourth-order valence-electron chi connectivity index (χ4n) is 1.82. The first-order valence-electron chi connectivity index (χ1n) is 5.82. The number of carbonyl (C=O) groups is 2. The molecule has 0 saturated carbocycles. The van der Waals surface area contributed by atoms with E-state index in [1.54, 1.807) is 10.3 Å². The van der Waals surface area contributed by atoms with Crippen molar-refractivity contribution in [1.29, 1.82) is 0 Å². The van der Waals surface area contributed by atoms with Gasteiger partial charge >= 0.3 is 0 Å². The van der Waals surface area contributed by atoms with Gasteiger partial charge in [0.05, 0.1) is 5.69 Å². The molecule has 0 aliphatic heterocycles. The molecule has 0 fully saturated rings. The van der Waals surface area contributed by atoms with Crippen LogP contribution in [-0.4, -0.2) is 17.2 Å². The summed E-state index contributed by atoms with van der Waals surface area (Å²) in [4.78, 5) is 28.3. The Balaban J connectivity index is 2.54. The zero-order valence-electron chi connectivity index (χ0n) is 11.0. The molecule has 0 unspecified atom stereocenters. The number of anilines is 2. The number of hydrogen-bond donors (Lipinski definition) is 0. The minimum absolute atomic E-state index is 0.125. The molecule has 1 aromatic heterocycles. The van der Waals surface area contributed by atoms with Gasteiger partial charge in [0.25, 0.3) is 0 Å². The summed E-state index contributed by atoms with van der Waals surface area (Å²) in [5.41, 5.74) is 3.28. The molecule has 19 heavy (non-hydrogen) atoms. The molecule has 4 nitrogen and oxygen atoms in total. The number of aldehydes is 1. The van der Waals surface area contributed by atoms with Crippen molar-refractivity contribution in [2.45, 2.75) is 20.8 Å². The Kier molecular flexibility index (Phi) is 3.76. The van der Waals surface area contributed by atoms with Crippen molar-refractivity contribution in [1.82, 2.24) is 4.98 Å². The van der Waals surface area contributed by atoms with E-state index >= 15 is 0 Å². The lowest BCUT2D eigenvalue weighted by atomic mass is 10.1. The Morgan fingerprint density at radius 1 is 1.37 bits per heavy atom. The maximum atomic E-state index is 11.9. The molecular formula is C14H14N2O2S. The summed E-state index contributed by atoms with van der Waals surface area (Å²) in [5.74, 6) is -0.125. The highest BCUT2D eigenvalue weighted by Crippen LogP contribution is 2.32. The van der Waals surface area contributed by atoms with E-state index in [0.29, 0.717) is 17.1 Å². The molecule has 0 aliphatic carbocycles. The Bertz CT molecular complexity index is 634. The normalized spacial score (nSPS) is 10.3. The predicted molar refractivity (Wildman–Crippen MR) is 76.2 cm³/mol. The van der Waals surface area contributed by atoms with Crippen LogP contribution < -0.4 is 4.90 Å². The highest BCUT2D eigenvalue weighted by molar-refractivity contribution is 7.14. The summed E-state index contributed by atoms with van der Waals surface area (Å²) in [5, 5.41) is 2.16. The summed E-state index contributed by atoms with van der Waals surface area (Å²) in [6.07, 6.45) is 0.682. The number of aromatic nitrogens is 1. The molecule has 0 N–H and O–H groups in total. The van der Waals surface area contributed by atoms with Crippen molar-refractivity contribution >= 4 is 34.3 Å². The van der Waals surface area contributed by atoms with Gasteiger partial charge in [-0.2, -0.15) is 0 Å². The first-order valence-corrected chi connectivity index (χ1v) is 6.70. The molecule has 1 amide bonds. The minimum Gasteiger partial charge on any atom is -0.296 e. The van der Waals surface area contributed by atoms with E-state index in [-0.39, 0.29) is 5.91 Å². The van der Waals surface area contributed by atoms with Gasteiger partial charge in [-0.15, -0.1) is 11.3 Å². The molecule has 0 bridgehead atoms. The van der Waals surface area contributed by atoms with E-state index in [9.17, 15) is 9.59 Å². The molecule has 2 aromatic rings. The van der Waals surface area contributed by atoms with Crippen molar-refractivity contribution < 1.29 is 9.59 Å². The molecule has 0 spiro atoms. The Morgan fingerprint density at radius 3 is 2.68 bits per heavy atom. The van der Waals surface area contributed by atoms with E-state index in [1.807, 2.05) is 32.0 Å². The second-order valence-electron chi connectivity index (χ2n) is 4.25. The van der Waals surface area contributed by atoms with Crippen LogP contribution in [0.25, 0.3) is 0 Å². The number of thiazole rings is 1. The number of carbonyl (C=O) groups excluding carboxylic acids is 2. The fraction of sp³-hybridized carbons (Fsp3) is 0.214. The van der Waals surface area contributed by atoms with Crippen molar-refractivity contribution in [3.05, 3.63) is 40.4 Å². The summed E-state index contributed by atoms with van der Waals surface area (Å²) in [6.45, 7) is 5.45. The third-order valence-electron chi connectivity index (χ3n) is 2.95. The average molecular weight is 274 g/mol. The van der Waals surface area contributed by atoms with Gasteiger partial charge in [0.2, 0.25) is 5.91 Å². The van der Waals surface area contributed by atoms with Crippen LogP contribution >= 0.6 is 11.3 Å². The molecule has 0 radical (unpaired) electrons. The van der Waals surface area contributed by atoms with Crippen LogP contribution in [0.2, 0.25) is 0 Å². The Morgan fingerprint density at radius 2 is 2.11 bits per heavy atom. The lowest BCUT2D eigenvalue weighted by molar-refractivity contribution is -0.115. The third kappa shape index (κ3) is 2.56. The van der Waals surface area contributed by atoms with Gasteiger partial charge in [-0.1, -0.05) is 12.1 Å². The van der Waals surface area contributed by atoms with Crippen molar-refractivity contribution in [2.75, 3.05) is 4.90 Å². The fourth-order valence-corrected chi connectivity index (χ4v) is 2.64. The predicted octanol–water partition coefficient (Wildman–Crippen LogP) is 3.26. The SMILES string of the molecule is CC(=O)N(c1nc(C=O)cs1)c1cccc(C)c1C. The van der Waals surface area contributed by atoms with Crippen LogP contribution in [0.3, 0.4) is 0 Å². The van der Waals surface area contributed by atoms with E-state index < -0.39 is 0 Å². The maximum Gasteiger partial charge on any atom is 0.230 e. The van der Waals surface area contributed by atoms with Gasteiger partial charge in [-0.3, -0.25) is 14.5 Å². The van der Waals surface area contributed by atoms with Crippen LogP contribution in [-0.2, 0) is 4.79 Å². The lowest BCUT2D eigenvalue weighted by Crippen LogP contribution is -2.23. The maximum absolute atomic E-state index is 11.9. The second-order valence-corrected chi connectivity index (χ2v) is 5.08. The van der Waals surface area contributed by atoms with Crippen molar-refractivity contribution in [3.63, 3.8) is 0 Å². The number of benzene rings is 1. The van der Waals surface area contributed by atoms with Gasteiger partial charge in [0, 0.05) is 12.3 Å². The number of rotatable bonds is 3. The Labute approximate surface area is 115 Å². The number of aryl methyl sites for hydroxylation is 1. The van der Waals surface area contributed by atoms with E-state index in [4.69, 9.17) is 0 Å². The average Bonchev–Trinajstić information content (AvgIpc) is 2.83. The first kappa shape index (κ1) is 13.4. The van der Waals surface area contributed by atoms with Crippen LogP contribution in [0.15, 0.2) is 23.6 Å². The quantitative estimate of drug-likeness (QED) is 0.807. The smallest absolute Gasteiger partial charge is 0.230 e. The van der Waals surface area contributed by atoms with Gasteiger partial charge in [-0.25, -0.2) is 4.98 Å². The minimum atomic E-state index is -0.125. The van der Waals surface area contributed by atoms with E-state index in [0.717, 1.165) is 16.8 Å². The number of nitrogens with zero attached hydrogens (tertiary/aromatic N) is 2. The van der Waals surface area contributed by atoms with Gasteiger partial charge < -0.3 is 0 Å². The topological polar surface area (TPSA) is 50.3 Å². The summed E-state index contributed by atoms with van der Waals surface area (Å²) >= 11 is 1.28. The molecular weight excluding hydrogens is 260 g/mol. The molecule has 2 rings (SSSR count). The van der Waals surface area contributed by atoms with Gasteiger partial charge in [0.15, 0.2) is 11.4 Å². The number of hydrogen-bond acceptors (Lipinski definition) is 4. The summed E-state index contributed by atoms with van der Waals surface area (Å²) in [6, 6.07) is 5.78.